The number of anilines is 2. The molecule has 2 aromatic rings. The monoisotopic (exact) mass is 295 g/mol. The molecule has 3 rings (SSSR count). The summed E-state index contributed by atoms with van der Waals surface area (Å²) < 4.78 is 0. The van der Waals surface area contributed by atoms with Gasteiger partial charge in [0.25, 0.3) is 5.91 Å². The van der Waals surface area contributed by atoms with Gasteiger partial charge in [0.1, 0.15) is 5.82 Å². The van der Waals surface area contributed by atoms with Crippen molar-refractivity contribution in [1.82, 2.24) is 4.98 Å². The van der Waals surface area contributed by atoms with Crippen molar-refractivity contribution in [1.29, 1.82) is 0 Å². The fraction of sp³-hybridized carbons (Fsp3) is 0.333. The average Bonchev–Trinajstić information content (AvgIpc) is 2.86. The summed E-state index contributed by atoms with van der Waals surface area (Å²) in [5.74, 6) is 0.893. The van der Waals surface area contributed by atoms with E-state index >= 15 is 0 Å². The van der Waals surface area contributed by atoms with Crippen molar-refractivity contribution in [3.63, 3.8) is 0 Å². The summed E-state index contributed by atoms with van der Waals surface area (Å²) in [7, 11) is 0. The Balaban J connectivity index is 1.65. The fourth-order valence-electron chi connectivity index (χ4n) is 2.74. The van der Waals surface area contributed by atoms with Gasteiger partial charge in [-0.15, -0.1) is 0 Å². The van der Waals surface area contributed by atoms with E-state index in [1.54, 1.807) is 18.3 Å². The maximum absolute atomic E-state index is 12.1. The minimum Gasteiger partial charge on any atom is -0.357 e. The number of carbonyl (C=O) groups is 1. The summed E-state index contributed by atoms with van der Waals surface area (Å²) in [5.41, 5.74) is 1.38. The number of nitrogens with one attached hydrogen (secondary N) is 1. The van der Waals surface area contributed by atoms with E-state index in [2.05, 4.69) is 15.2 Å². The summed E-state index contributed by atoms with van der Waals surface area (Å²) in [4.78, 5) is 18.9. The highest BCUT2D eigenvalue weighted by molar-refractivity contribution is 6.04. The number of pyridine rings is 1. The third-order valence-corrected chi connectivity index (χ3v) is 3.97. The molecule has 114 valence electrons. The largest absolute Gasteiger partial charge is 0.357 e. The van der Waals surface area contributed by atoms with E-state index in [4.69, 9.17) is 0 Å². The zero-order valence-electron chi connectivity index (χ0n) is 12.7. The Labute approximate surface area is 131 Å². The second-order valence-electron chi connectivity index (χ2n) is 5.63. The van der Waals surface area contributed by atoms with Gasteiger partial charge in [-0.1, -0.05) is 31.0 Å². The molecule has 0 bridgehead atoms. The summed E-state index contributed by atoms with van der Waals surface area (Å²) >= 11 is 0. The molecular weight excluding hydrogens is 274 g/mol. The number of benzene rings is 1. The van der Waals surface area contributed by atoms with Crippen molar-refractivity contribution in [3.05, 3.63) is 54.2 Å². The molecule has 2 heterocycles. The van der Waals surface area contributed by atoms with Crippen LogP contribution in [-0.4, -0.2) is 24.0 Å². The number of nitrogens with zero attached hydrogens (tertiary/aromatic N) is 2. The van der Waals surface area contributed by atoms with Gasteiger partial charge in [0.2, 0.25) is 0 Å². The number of amides is 1. The lowest BCUT2D eigenvalue weighted by Gasteiger charge is -2.21. The summed E-state index contributed by atoms with van der Waals surface area (Å²) in [6, 6.07) is 13.1. The Bertz CT molecular complexity index is 602. The quantitative estimate of drug-likeness (QED) is 0.938. The van der Waals surface area contributed by atoms with Gasteiger partial charge in [0, 0.05) is 18.7 Å². The van der Waals surface area contributed by atoms with Crippen LogP contribution in [0.3, 0.4) is 0 Å². The zero-order valence-corrected chi connectivity index (χ0v) is 12.7. The van der Waals surface area contributed by atoms with Crippen LogP contribution < -0.4 is 10.2 Å². The van der Waals surface area contributed by atoms with Gasteiger partial charge >= 0.3 is 0 Å². The van der Waals surface area contributed by atoms with Gasteiger partial charge in [0.05, 0.1) is 11.9 Å². The zero-order chi connectivity index (χ0) is 15.2. The van der Waals surface area contributed by atoms with Gasteiger partial charge in [0.15, 0.2) is 0 Å². The maximum atomic E-state index is 12.1. The highest BCUT2D eigenvalue weighted by atomic mass is 16.1. The molecule has 4 nitrogen and oxygen atoms in total. The molecule has 0 radical (unpaired) electrons. The van der Waals surface area contributed by atoms with Gasteiger partial charge in [-0.05, 0) is 37.1 Å². The van der Waals surface area contributed by atoms with Crippen LogP contribution in [0.5, 0.6) is 0 Å². The lowest BCUT2D eigenvalue weighted by molar-refractivity contribution is 0.102. The molecule has 4 heteroatoms. The molecule has 1 aliphatic rings. The van der Waals surface area contributed by atoms with Gasteiger partial charge in [-0.2, -0.15) is 0 Å². The summed E-state index contributed by atoms with van der Waals surface area (Å²) in [6.07, 6.45) is 6.81. The van der Waals surface area contributed by atoms with E-state index in [1.165, 1.54) is 25.7 Å². The molecule has 0 atom stereocenters. The van der Waals surface area contributed by atoms with Crippen LogP contribution in [0.4, 0.5) is 11.5 Å². The standard InChI is InChI=1S/C18H21N3O/c22-18(15-8-4-3-5-9-15)20-16-10-11-17(19-14-16)21-12-6-1-2-7-13-21/h3-5,8-11,14H,1-2,6-7,12-13H2,(H,20,22). The van der Waals surface area contributed by atoms with Crippen molar-refractivity contribution in [2.45, 2.75) is 25.7 Å². The molecule has 1 aromatic carbocycles. The van der Waals surface area contributed by atoms with Crippen LogP contribution in [0.2, 0.25) is 0 Å². The third kappa shape index (κ3) is 3.64. The van der Waals surface area contributed by atoms with Crippen molar-refractivity contribution in [2.24, 2.45) is 0 Å². The maximum Gasteiger partial charge on any atom is 0.255 e. The van der Waals surface area contributed by atoms with Gasteiger partial charge < -0.3 is 10.2 Å². The first kappa shape index (κ1) is 14.6. The highest BCUT2D eigenvalue weighted by Crippen LogP contribution is 2.19. The highest BCUT2D eigenvalue weighted by Gasteiger charge is 2.11. The van der Waals surface area contributed by atoms with E-state index < -0.39 is 0 Å². The first-order valence-electron chi connectivity index (χ1n) is 7.90. The van der Waals surface area contributed by atoms with Gasteiger partial charge in [-0.3, -0.25) is 4.79 Å². The lowest BCUT2D eigenvalue weighted by atomic mass is 10.2. The Hall–Kier alpha value is -2.36. The molecule has 1 amide bonds. The number of aromatic nitrogens is 1. The molecule has 1 aliphatic heterocycles. The van der Waals surface area contributed by atoms with Crippen LogP contribution in [-0.2, 0) is 0 Å². The average molecular weight is 295 g/mol. The molecule has 0 aliphatic carbocycles. The molecular formula is C18H21N3O. The van der Waals surface area contributed by atoms with E-state index in [1.807, 2.05) is 30.3 Å². The normalized spacial score (nSPS) is 15.2. The topological polar surface area (TPSA) is 45.2 Å². The lowest BCUT2D eigenvalue weighted by Crippen LogP contribution is -2.24. The van der Waals surface area contributed by atoms with Crippen LogP contribution in [0.1, 0.15) is 36.0 Å². The minimum atomic E-state index is -0.107. The van der Waals surface area contributed by atoms with Crippen LogP contribution in [0, 0.1) is 0 Å². The Morgan fingerprint density at radius 1 is 0.955 bits per heavy atom. The van der Waals surface area contributed by atoms with Crippen molar-refractivity contribution in [2.75, 3.05) is 23.3 Å². The van der Waals surface area contributed by atoms with Crippen molar-refractivity contribution < 1.29 is 4.79 Å². The van der Waals surface area contributed by atoms with E-state index in [0.29, 0.717) is 5.56 Å². The van der Waals surface area contributed by atoms with Crippen LogP contribution in [0.25, 0.3) is 0 Å². The number of hydrogen-bond donors (Lipinski definition) is 1. The molecule has 0 spiro atoms. The number of hydrogen-bond acceptors (Lipinski definition) is 3. The molecule has 1 N–H and O–H groups in total. The second-order valence-corrected chi connectivity index (χ2v) is 5.63. The Morgan fingerprint density at radius 2 is 1.68 bits per heavy atom. The molecule has 22 heavy (non-hydrogen) atoms. The summed E-state index contributed by atoms with van der Waals surface area (Å²) in [5, 5.41) is 2.88. The molecule has 0 saturated carbocycles. The van der Waals surface area contributed by atoms with Crippen molar-refractivity contribution >= 4 is 17.4 Å². The van der Waals surface area contributed by atoms with Crippen molar-refractivity contribution in [3.8, 4) is 0 Å². The number of rotatable bonds is 3. The van der Waals surface area contributed by atoms with Crippen LogP contribution >= 0.6 is 0 Å². The predicted octanol–water partition coefficient (Wildman–Crippen LogP) is 3.71. The first-order chi connectivity index (χ1) is 10.8. The molecule has 1 saturated heterocycles. The van der Waals surface area contributed by atoms with Crippen LogP contribution in [0.15, 0.2) is 48.7 Å². The second kappa shape index (κ2) is 7.07. The molecule has 1 aromatic heterocycles. The van der Waals surface area contributed by atoms with E-state index in [9.17, 15) is 4.79 Å². The Morgan fingerprint density at radius 3 is 2.32 bits per heavy atom. The summed E-state index contributed by atoms with van der Waals surface area (Å²) in [6.45, 7) is 2.14. The SMILES string of the molecule is O=C(Nc1ccc(N2CCCCCC2)nc1)c1ccccc1. The number of carbonyl (C=O) groups excluding carboxylic acids is 1. The smallest absolute Gasteiger partial charge is 0.255 e. The van der Waals surface area contributed by atoms with E-state index in [0.717, 1.165) is 24.6 Å². The molecule has 1 fully saturated rings. The first-order valence-corrected chi connectivity index (χ1v) is 7.90. The van der Waals surface area contributed by atoms with E-state index in [-0.39, 0.29) is 5.91 Å². The predicted molar refractivity (Wildman–Crippen MR) is 89.3 cm³/mol. The van der Waals surface area contributed by atoms with Gasteiger partial charge in [-0.25, -0.2) is 4.98 Å². The third-order valence-electron chi connectivity index (χ3n) is 3.97. The fourth-order valence-corrected chi connectivity index (χ4v) is 2.74. The minimum absolute atomic E-state index is 0.107. The Kier molecular flexibility index (Phi) is 4.68. The molecule has 0 unspecified atom stereocenters.